The van der Waals surface area contributed by atoms with Crippen LogP contribution >= 0.6 is 0 Å². The lowest BCUT2D eigenvalue weighted by Crippen LogP contribution is -2.10. The molecule has 0 aliphatic heterocycles. The minimum Gasteiger partial charge on any atom is -0.507 e. The highest BCUT2D eigenvalue weighted by Crippen LogP contribution is 2.32. The van der Waals surface area contributed by atoms with Gasteiger partial charge in [0.15, 0.2) is 11.6 Å². The Kier molecular flexibility index (Phi) is 4.85. The molecular formula is C22H24N2O2. The summed E-state index contributed by atoms with van der Waals surface area (Å²) in [5.74, 6) is 1.03. The number of pyridine rings is 1. The van der Waals surface area contributed by atoms with Crippen molar-refractivity contribution in [2.45, 2.75) is 32.8 Å². The van der Waals surface area contributed by atoms with Crippen LogP contribution in [-0.4, -0.2) is 10.1 Å². The summed E-state index contributed by atoms with van der Waals surface area (Å²) in [5.41, 5.74) is 9.87. The Morgan fingerprint density at radius 1 is 1.04 bits per heavy atom. The van der Waals surface area contributed by atoms with Gasteiger partial charge in [-0.25, -0.2) is 4.98 Å². The van der Waals surface area contributed by atoms with E-state index in [0.29, 0.717) is 23.7 Å². The van der Waals surface area contributed by atoms with E-state index in [2.05, 4.69) is 50.0 Å². The summed E-state index contributed by atoms with van der Waals surface area (Å²) >= 11 is 0. The van der Waals surface area contributed by atoms with Crippen LogP contribution in [0.25, 0.3) is 11.1 Å². The zero-order valence-corrected chi connectivity index (χ0v) is 15.4. The number of phenols is 1. The molecule has 26 heavy (non-hydrogen) atoms. The number of aromatic nitrogens is 1. The second kappa shape index (κ2) is 7.08. The molecule has 3 rings (SSSR count). The maximum Gasteiger partial charge on any atom is 0.166 e. The Labute approximate surface area is 154 Å². The maximum absolute atomic E-state index is 10.0. The van der Waals surface area contributed by atoms with E-state index in [1.54, 1.807) is 24.4 Å². The quantitative estimate of drug-likeness (QED) is 0.703. The van der Waals surface area contributed by atoms with Crippen molar-refractivity contribution in [3.05, 3.63) is 71.9 Å². The van der Waals surface area contributed by atoms with Crippen LogP contribution in [0.15, 0.2) is 60.8 Å². The Bertz CT molecular complexity index is 897. The number of anilines is 1. The second-order valence-corrected chi connectivity index (χ2v) is 7.36. The molecule has 1 heterocycles. The molecule has 134 valence electrons. The van der Waals surface area contributed by atoms with Gasteiger partial charge >= 0.3 is 0 Å². The molecule has 0 amide bonds. The van der Waals surface area contributed by atoms with Gasteiger partial charge < -0.3 is 15.6 Å². The average molecular weight is 348 g/mol. The molecule has 0 bridgehead atoms. The van der Waals surface area contributed by atoms with Gasteiger partial charge in [-0.3, -0.25) is 0 Å². The Hall–Kier alpha value is -3.01. The summed E-state index contributed by atoms with van der Waals surface area (Å²) in [5, 5.41) is 10.0. The molecule has 2 aromatic carbocycles. The number of rotatable bonds is 4. The summed E-state index contributed by atoms with van der Waals surface area (Å²) in [7, 11) is 0. The predicted octanol–water partition coefficient (Wildman–Crippen LogP) is 4.91. The third-order valence-corrected chi connectivity index (χ3v) is 4.31. The average Bonchev–Trinajstić information content (AvgIpc) is 2.61. The normalized spacial score (nSPS) is 11.3. The first kappa shape index (κ1) is 17.8. The van der Waals surface area contributed by atoms with Gasteiger partial charge in [0.25, 0.3) is 0 Å². The molecule has 4 nitrogen and oxygen atoms in total. The molecule has 0 spiro atoms. The topological polar surface area (TPSA) is 68.4 Å². The van der Waals surface area contributed by atoms with Gasteiger partial charge in [-0.2, -0.15) is 0 Å². The number of ether oxygens (including phenoxy) is 1. The third-order valence-electron chi connectivity index (χ3n) is 4.31. The van der Waals surface area contributed by atoms with E-state index in [4.69, 9.17) is 10.5 Å². The molecule has 0 aliphatic carbocycles. The van der Waals surface area contributed by atoms with Gasteiger partial charge in [0.05, 0.1) is 0 Å². The molecule has 4 heteroatoms. The number of para-hydroxylation sites is 1. The van der Waals surface area contributed by atoms with Crippen molar-refractivity contribution in [2.24, 2.45) is 0 Å². The minimum absolute atomic E-state index is 0.125. The van der Waals surface area contributed by atoms with Crippen molar-refractivity contribution in [2.75, 3.05) is 5.73 Å². The monoisotopic (exact) mass is 348 g/mol. The van der Waals surface area contributed by atoms with Crippen LogP contribution in [0.4, 0.5) is 5.82 Å². The van der Waals surface area contributed by atoms with E-state index in [1.165, 1.54) is 5.56 Å². The highest BCUT2D eigenvalue weighted by molar-refractivity contribution is 5.72. The lowest BCUT2D eigenvalue weighted by Gasteiger charge is -2.19. The van der Waals surface area contributed by atoms with Gasteiger partial charge in [-0.1, -0.05) is 63.2 Å². The molecule has 0 fully saturated rings. The number of hydrogen-bond donors (Lipinski definition) is 2. The number of aromatic hydroxyl groups is 1. The zero-order valence-electron chi connectivity index (χ0n) is 15.4. The molecular weight excluding hydrogens is 324 g/mol. The lowest BCUT2D eigenvalue weighted by atomic mass is 9.87. The third kappa shape index (κ3) is 3.97. The predicted molar refractivity (Wildman–Crippen MR) is 105 cm³/mol. The number of nitrogens with two attached hydrogens (primary N) is 1. The van der Waals surface area contributed by atoms with Crippen LogP contribution in [0.3, 0.4) is 0 Å². The van der Waals surface area contributed by atoms with E-state index in [0.717, 1.165) is 11.1 Å². The molecule has 0 saturated carbocycles. The van der Waals surface area contributed by atoms with Gasteiger partial charge in [-0.05, 0) is 28.7 Å². The summed E-state index contributed by atoms with van der Waals surface area (Å²) in [4.78, 5) is 4.20. The highest BCUT2D eigenvalue weighted by atomic mass is 16.5. The first-order valence-electron chi connectivity index (χ1n) is 8.61. The number of benzene rings is 2. The van der Waals surface area contributed by atoms with E-state index in [9.17, 15) is 5.11 Å². The maximum atomic E-state index is 10.0. The van der Waals surface area contributed by atoms with E-state index < -0.39 is 0 Å². The van der Waals surface area contributed by atoms with Gasteiger partial charge in [0, 0.05) is 17.3 Å². The number of nitrogen functional groups attached to an aromatic ring is 1. The van der Waals surface area contributed by atoms with Crippen LogP contribution in [0.5, 0.6) is 11.5 Å². The number of nitrogens with zero attached hydrogens (tertiary/aromatic N) is 1. The first-order chi connectivity index (χ1) is 12.3. The molecule has 0 atom stereocenters. The molecule has 3 N–H and O–H groups in total. The van der Waals surface area contributed by atoms with Crippen molar-refractivity contribution in [1.82, 2.24) is 4.98 Å². The van der Waals surface area contributed by atoms with Crippen molar-refractivity contribution >= 4 is 5.82 Å². The van der Waals surface area contributed by atoms with Crippen LogP contribution in [0, 0.1) is 0 Å². The van der Waals surface area contributed by atoms with Crippen LogP contribution < -0.4 is 10.5 Å². The van der Waals surface area contributed by atoms with Crippen molar-refractivity contribution < 1.29 is 9.84 Å². The summed E-state index contributed by atoms with van der Waals surface area (Å²) in [6, 6.07) is 17.3. The molecule has 1 aromatic heterocycles. The summed E-state index contributed by atoms with van der Waals surface area (Å²) in [6.07, 6.45) is 1.63. The molecule has 0 radical (unpaired) electrons. The number of hydrogen-bond acceptors (Lipinski definition) is 4. The smallest absolute Gasteiger partial charge is 0.166 e. The van der Waals surface area contributed by atoms with Crippen LogP contribution in [0.1, 0.15) is 31.9 Å². The zero-order chi connectivity index (χ0) is 18.7. The fraction of sp³-hybridized carbons (Fsp3) is 0.227. The SMILES string of the molecule is CC(C)(C)c1ccc(COc2cc(-c3ccccc3O)cnc2N)cc1. The lowest BCUT2D eigenvalue weighted by molar-refractivity contribution is 0.307. The highest BCUT2D eigenvalue weighted by Gasteiger charge is 2.13. The molecule has 0 saturated heterocycles. The summed E-state index contributed by atoms with van der Waals surface area (Å²) in [6.45, 7) is 6.97. The first-order valence-corrected chi connectivity index (χ1v) is 8.61. The van der Waals surface area contributed by atoms with Crippen molar-refractivity contribution in [3.8, 4) is 22.6 Å². The largest absolute Gasteiger partial charge is 0.507 e. The van der Waals surface area contributed by atoms with Crippen molar-refractivity contribution in [1.29, 1.82) is 0 Å². The summed E-state index contributed by atoms with van der Waals surface area (Å²) < 4.78 is 5.88. The van der Waals surface area contributed by atoms with Crippen molar-refractivity contribution in [3.63, 3.8) is 0 Å². The molecule has 3 aromatic rings. The van der Waals surface area contributed by atoms with E-state index in [-0.39, 0.29) is 11.2 Å². The fourth-order valence-electron chi connectivity index (χ4n) is 2.70. The van der Waals surface area contributed by atoms with E-state index in [1.807, 2.05) is 12.1 Å². The Morgan fingerprint density at radius 2 is 1.73 bits per heavy atom. The molecule has 0 unspecified atom stereocenters. The van der Waals surface area contributed by atoms with Gasteiger partial charge in [0.2, 0.25) is 0 Å². The second-order valence-electron chi connectivity index (χ2n) is 7.36. The standard InChI is InChI=1S/C22H24N2O2/c1-22(2,3)17-10-8-15(9-11-17)14-26-20-12-16(13-24-21(20)23)18-6-4-5-7-19(18)25/h4-13,25H,14H2,1-3H3,(H2,23,24). The molecule has 0 aliphatic rings. The van der Waals surface area contributed by atoms with Gasteiger partial charge in [-0.15, -0.1) is 0 Å². The Balaban J connectivity index is 1.78. The minimum atomic E-state index is 0.125. The fourth-order valence-corrected chi connectivity index (χ4v) is 2.70. The van der Waals surface area contributed by atoms with E-state index >= 15 is 0 Å². The van der Waals surface area contributed by atoms with Gasteiger partial charge in [0.1, 0.15) is 12.4 Å². The van der Waals surface area contributed by atoms with Crippen LogP contribution in [0.2, 0.25) is 0 Å². The Morgan fingerprint density at radius 3 is 2.38 bits per heavy atom. The number of phenolic OH excluding ortho intramolecular Hbond substituents is 1. The van der Waals surface area contributed by atoms with Crippen LogP contribution in [-0.2, 0) is 12.0 Å².